The third kappa shape index (κ3) is 1.08. The summed E-state index contributed by atoms with van der Waals surface area (Å²) in [5.74, 6) is -2.23. The Balaban J connectivity index is 1.92. The fourth-order valence-corrected chi connectivity index (χ4v) is 2.87. The molecule has 0 radical (unpaired) electrons. The van der Waals surface area contributed by atoms with Crippen molar-refractivity contribution in [2.75, 3.05) is 0 Å². The summed E-state index contributed by atoms with van der Waals surface area (Å²) in [4.78, 5) is 34.3. The van der Waals surface area contributed by atoms with Gasteiger partial charge in [0, 0.05) is 5.92 Å². The molecule has 16 heavy (non-hydrogen) atoms. The first-order valence-electron chi connectivity index (χ1n) is 5.24. The van der Waals surface area contributed by atoms with E-state index < -0.39 is 23.8 Å². The average molecular weight is 222 g/mol. The van der Waals surface area contributed by atoms with Crippen LogP contribution in [0.25, 0.3) is 0 Å². The highest BCUT2D eigenvalue weighted by Crippen LogP contribution is 2.48. The van der Waals surface area contributed by atoms with Gasteiger partial charge in [0.15, 0.2) is 0 Å². The van der Waals surface area contributed by atoms with Crippen LogP contribution in [0, 0.1) is 23.7 Å². The first kappa shape index (κ1) is 9.57. The molecule has 4 atom stereocenters. The summed E-state index contributed by atoms with van der Waals surface area (Å²) < 4.78 is 9.53. The van der Waals surface area contributed by atoms with Gasteiger partial charge in [-0.05, 0) is 12.8 Å². The Morgan fingerprint density at radius 2 is 1.25 bits per heavy atom. The predicted octanol–water partition coefficient (Wildman–Crippen LogP) is 0.399. The van der Waals surface area contributed by atoms with Crippen LogP contribution >= 0.6 is 0 Å². The van der Waals surface area contributed by atoms with E-state index in [-0.39, 0.29) is 17.8 Å². The molecular formula is C11H10O5. The molecule has 0 aromatic rings. The number of ether oxygens (including phenoxy) is 2. The minimum atomic E-state index is -0.501. The number of esters is 3. The Morgan fingerprint density at radius 1 is 0.812 bits per heavy atom. The molecule has 2 heterocycles. The lowest BCUT2D eigenvalue weighted by molar-refractivity contribution is -0.153. The molecule has 4 unspecified atom stereocenters. The van der Waals surface area contributed by atoms with Gasteiger partial charge in [-0.1, -0.05) is 6.58 Å². The predicted molar refractivity (Wildman–Crippen MR) is 49.5 cm³/mol. The summed E-state index contributed by atoms with van der Waals surface area (Å²) in [6.07, 6.45) is 0.780. The van der Waals surface area contributed by atoms with Gasteiger partial charge in [0.1, 0.15) is 5.76 Å². The van der Waals surface area contributed by atoms with E-state index in [0.717, 1.165) is 0 Å². The highest BCUT2D eigenvalue weighted by atomic mass is 16.6. The maximum Gasteiger partial charge on any atom is 0.317 e. The van der Waals surface area contributed by atoms with Crippen LogP contribution in [0.1, 0.15) is 12.8 Å². The van der Waals surface area contributed by atoms with Gasteiger partial charge in [-0.25, -0.2) is 0 Å². The summed E-state index contributed by atoms with van der Waals surface area (Å²) >= 11 is 0. The normalized spacial score (nSPS) is 41.5. The van der Waals surface area contributed by atoms with Crippen molar-refractivity contribution in [3.8, 4) is 0 Å². The van der Waals surface area contributed by atoms with Crippen molar-refractivity contribution in [2.24, 2.45) is 23.7 Å². The second-order valence-electron chi connectivity index (χ2n) is 4.52. The molecule has 3 aliphatic rings. The van der Waals surface area contributed by atoms with Gasteiger partial charge in [0.25, 0.3) is 0 Å². The monoisotopic (exact) mass is 222 g/mol. The van der Waals surface area contributed by atoms with Crippen LogP contribution in [0.5, 0.6) is 0 Å². The quantitative estimate of drug-likeness (QED) is 0.438. The molecule has 0 aromatic carbocycles. The van der Waals surface area contributed by atoms with Crippen molar-refractivity contribution in [3.63, 3.8) is 0 Å². The highest BCUT2D eigenvalue weighted by molar-refractivity contribution is 5.97. The maximum absolute atomic E-state index is 11.5. The zero-order valence-corrected chi connectivity index (χ0v) is 8.47. The van der Waals surface area contributed by atoms with E-state index in [0.29, 0.717) is 18.6 Å². The van der Waals surface area contributed by atoms with Gasteiger partial charge in [-0.3, -0.25) is 14.4 Å². The Bertz CT molecular complexity index is 348. The van der Waals surface area contributed by atoms with Crippen LogP contribution in [0.3, 0.4) is 0 Å². The van der Waals surface area contributed by atoms with Crippen LogP contribution in [0.2, 0.25) is 0 Å². The van der Waals surface area contributed by atoms with Gasteiger partial charge in [-0.15, -0.1) is 0 Å². The summed E-state index contributed by atoms with van der Waals surface area (Å²) in [7, 11) is 0. The van der Waals surface area contributed by atoms with Gasteiger partial charge in [0.2, 0.25) is 0 Å². The molecule has 5 nitrogen and oxygen atoms in total. The number of rotatable bonds is 0. The van der Waals surface area contributed by atoms with E-state index in [1.54, 1.807) is 0 Å². The van der Waals surface area contributed by atoms with E-state index in [1.165, 1.54) is 0 Å². The second-order valence-corrected chi connectivity index (χ2v) is 4.52. The number of hydrogen-bond acceptors (Lipinski definition) is 5. The van der Waals surface area contributed by atoms with Crippen molar-refractivity contribution in [1.82, 2.24) is 0 Å². The van der Waals surface area contributed by atoms with Crippen LogP contribution in [-0.4, -0.2) is 17.9 Å². The molecule has 2 aliphatic heterocycles. The van der Waals surface area contributed by atoms with Crippen molar-refractivity contribution >= 4 is 17.9 Å². The van der Waals surface area contributed by atoms with Crippen molar-refractivity contribution in [3.05, 3.63) is 12.3 Å². The van der Waals surface area contributed by atoms with E-state index in [4.69, 9.17) is 4.74 Å². The number of cyclic esters (lactones) is 3. The molecule has 3 fully saturated rings. The van der Waals surface area contributed by atoms with Crippen LogP contribution in [0.4, 0.5) is 0 Å². The van der Waals surface area contributed by atoms with E-state index in [2.05, 4.69) is 11.3 Å². The Labute approximate surface area is 91.4 Å². The molecule has 0 aromatic heterocycles. The van der Waals surface area contributed by atoms with E-state index in [9.17, 15) is 14.4 Å². The van der Waals surface area contributed by atoms with E-state index in [1.807, 2.05) is 0 Å². The molecule has 0 bridgehead atoms. The molecule has 2 saturated heterocycles. The topological polar surface area (TPSA) is 69.7 Å². The SMILES string of the molecule is C=C1OC(=O)C2CC3C(=O)OC(=O)C3CC12. The molecule has 1 aliphatic carbocycles. The van der Waals surface area contributed by atoms with Crippen molar-refractivity contribution < 1.29 is 23.9 Å². The number of carbonyl (C=O) groups is 3. The zero-order valence-electron chi connectivity index (χ0n) is 8.47. The summed E-state index contributed by atoms with van der Waals surface area (Å²) in [5.41, 5.74) is 0. The second kappa shape index (κ2) is 2.93. The molecule has 84 valence electrons. The van der Waals surface area contributed by atoms with Crippen LogP contribution < -0.4 is 0 Å². The largest absolute Gasteiger partial charge is 0.431 e. The van der Waals surface area contributed by atoms with Crippen molar-refractivity contribution in [2.45, 2.75) is 12.8 Å². The number of carbonyl (C=O) groups excluding carboxylic acids is 3. The molecule has 5 heteroatoms. The van der Waals surface area contributed by atoms with Crippen LogP contribution in [0.15, 0.2) is 12.3 Å². The lowest BCUT2D eigenvalue weighted by atomic mass is 9.70. The smallest absolute Gasteiger partial charge is 0.317 e. The molecule has 0 spiro atoms. The molecule has 0 N–H and O–H groups in total. The first-order chi connectivity index (χ1) is 7.58. The third-order valence-corrected chi connectivity index (χ3v) is 3.74. The summed E-state index contributed by atoms with van der Waals surface area (Å²) in [6, 6.07) is 0. The lowest BCUT2D eigenvalue weighted by Crippen LogP contribution is -2.33. The number of fused-ring (bicyclic) bond motifs is 2. The fourth-order valence-electron chi connectivity index (χ4n) is 2.87. The summed E-state index contributed by atoms with van der Waals surface area (Å²) in [5, 5.41) is 0. The van der Waals surface area contributed by atoms with Crippen molar-refractivity contribution in [1.29, 1.82) is 0 Å². The number of allylic oxidation sites excluding steroid dienone is 1. The number of hydrogen-bond donors (Lipinski definition) is 0. The minimum Gasteiger partial charge on any atom is -0.431 e. The standard InChI is InChI=1S/C11H10O5/c1-4-5-2-7-8(11(14)16-10(7)13)3-6(5)9(12)15-4/h5-8H,1-3H2. The molecule has 3 rings (SSSR count). The summed E-state index contributed by atoms with van der Waals surface area (Å²) in [6.45, 7) is 3.67. The van der Waals surface area contributed by atoms with Crippen LogP contribution in [-0.2, 0) is 23.9 Å². The van der Waals surface area contributed by atoms with Gasteiger partial charge < -0.3 is 9.47 Å². The van der Waals surface area contributed by atoms with E-state index >= 15 is 0 Å². The first-order valence-corrected chi connectivity index (χ1v) is 5.24. The maximum atomic E-state index is 11.5. The van der Waals surface area contributed by atoms with Gasteiger partial charge in [0.05, 0.1) is 17.8 Å². The molecule has 0 amide bonds. The Kier molecular flexibility index (Phi) is 1.75. The molecule has 1 saturated carbocycles. The van der Waals surface area contributed by atoms with Gasteiger partial charge >= 0.3 is 17.9 Å². The average Bonchev–Trinajstić information content (AvgIpc) is 2.67. The van der Waals surface area contributed by atoms with Gasteiger partial charge in [-0.2, -0.15) is 0 Å². The fraction of sp³-hybridized carbons (Fsp3) is 0.545. The third-order valence-electron chi connectivity index (χ3n) is 3.74. The Hall–Kier alpha value is -1.65. The zero-order chi connectivity index (χ0) is 11.4. The highest BCUT2D eigenvalue weighted by Gasteiger charge is 2.55. The molecular weight excluding hydrogens is 212 g/mol. The lowest BCUT2D eigenvalue weighted by Gasteiger charge is -2.27. The Morgan fingerprint density at radius 3 is 1.88 bits per heavy atom. The minimum absolute atomic E-state index is 0.132.